The van der Waals surface area contributed by atoms with Crippen molar-refractivity contribution in [3.8, 4) is 5.75 Å². The van der Waals surface area contributed by atoms with Crippen LogP contribution >= 0.6 is 0 Å². The lowest BCUT2D eigenvalue weighted by Crippen LogP contribution is -2.36. The van der Waals surface area contributed by atoms with Gasteiger partial charge in [-0.3, -0.25) is 0 Å². The average molecular weight is 291 g/mol. The lowest BCUT2D eigenvalue weighted by atomic mass is 9.99. The Labute approximate surface area is 128 Å². The normalized spacial score (nSPS) is 16.9. The molecular weight excluding hydrogens is 262 g/mol. The Balaban J connectivity index is 1.77. The number of hydrogen-bond acceptors (Lipinski definition) is 4. The first-order valence-corrected chi connectivity index (χ1v) is 8.17. The highest BCUT2D eigenvalue weighted by Crippen LogP contribution is 2.25. The Kier molecular flexibility index (Phi) is 6.18. The highest BCUT2D eigenvalue weighted by atomic mass is 16.5. The smallest absolute Gasteiger partial charge is 0.144 e. The predicted molar refractivity (Wildman–Crippen MR) is 90.0 cm³/mol. The van der Waals surface area contributed by atoms with Gasteiger partial charge in [-0.15, -0.1) is 0 Å². The molecule has 118 valence electrons. The number of anilines is 2. The van der Waals surface area contributed by atoms with Crippen molar-refractivity contribution in [2.24, 2.45) is 5.92 Å². The van der Waals surface area contributed by atoms with Crippen molar-refractivity contribution in [2.45, 2.75) is 33.1 Å². The Bertz CT molecular complexity index is 428. The maximum atomic E-state index is 5.93. The number of hydrogen-bond donors (Lipinski definition) is 2. The van der Waals surface area contributed by atoms with Crippen molar-refractivity contribution in [3.05, 3.63) is 18.2 Å². The molecule has 1 fully saturated rings. The first-order chi connectivity index (χ1) is 10.2. The van der Waals surface area contributed by atoms with E-state index in [1.54, 1.807) is 0 Å². The molecule has 0 atom stereocenters. The average Bonchev–Trinajstić information content (AvgIpc) is 2.49. The summed E-state index contributed by atoms with van der Waals surface area (Å²) in [6, 6.07) is 5.94. The standard InChI is InChI=1S/C17H29N3O/c1-3-12-21-17-13-15(4-5-16(17)18)19-8-11-20-9-6-14(2)7-10-20/h4-5,13-14,19H,3,6-12,18H2,1-2H3. The fourth-order valence-electron chi connectivity index (χ4n) is 2.63. The first-order valence-electron chi connectivity index (χ1n) is 8.17. The molecule has 0 unspecified atom stereocenters. The number of nitrogens with two attached hydrogens (primary N) is 1. The van der Waals surface area contributed by atoms with Crippen molar-refractivity contribution in [2.75, 3.05) is 43.8 Å². The Morgan fingerprint density at radius 3 is 2.81 bits per heavy atom. The minimum atomic E-state index is 0.707. The van der Waals surface area contributed by atoms with Crippen molar-refractivity contribution < 1.29 is 4.74 Å². The highest BCUT2D eigenvalue weighted by molar-refractivity contribution is 5.61. The van der Waals surface area contributed by atoms with Crippen molar-refractivity contribution in [3.63, 3.8) is 0 Å². The molecule has 0 bridgehead atoms. The van der Waals surface area contributed by atoms with E-state index in [0.717, 1.165) is 36.9 Å². The fraction of sp³-hybridized carbons (Fsp3) is 0.647. The summed E-state index contributed by atoms with van der Waals surface area (Å²) in [5, 5.41) is 3.47. The molecule has 0 aromatic heterocycles. The number of nitrogen functional groups attached to an aromatic ring is 1. The van der Waals surface area contributed by atoms with Crippen LogP contribution in [-0.2, 0) is 0 Å². The molecule has 1 heterocycles. The van der Waals surface area contributed by atoms with Crippen LogP contribution in [0.5, 0.6) is 5.75 Å². The summed E-state index contributed by atoms with van der Waals surface area (Å²) < 4.78 is 5.66. The molecular formula is C17H29N3O. The van der Waals surface area contributed by atoms with Crippen LogP contribution in [0, 0.1) is 5.92 Å². The third kappa shape index (κ3) is 5.12. The fourth-order valence-corrected chi connectivity index (χ4v) is 2.63. The van der Waals surface area contributed by atoms with Crippen molar-refractivity contribution >= 4 is 11.4 Å². The molecule has 0 aliphatic carbocycles. The zero-order chi connectivity index (χ0) is 15.1. The molecule has 0 radical (unpaired) electrons. The number of piperidine rings is 1. The molecule has 21 heavy (non-hydrogen) atoms. The maximum Gasteiger partial charge on any atom is 0.144 e. The second kappa shape index (κ2) is 8.13. The van der Waals surface area contributed by atoms with Crippen LogP contribution in [0.3, 0.4) is 0 Å². The predicted octanol–water partition coefficient (Wildman–Crippen LogP) is 3.20. The number of nitrogens with one attached hydrogen (secondary N) is 1. The van der Waals surface area contributed by atoms with E-state index in [9.17, 15) is 0 Å². The van der Waals surface area contributed by atoms with E-state index in [-0.39, 0.29) is 0 Å². The third-order valence-electron chi connectivity index (χ3n) is 4.11. The number of nitrogens with zero attached hydrogens (tertiary/aromatic N) is 1. The third-order valence-corrected chi connectivity index (χ3v) is 4.11. The van der Waals surface area contributed by atoms with Gasteiger partial charge in [0.25, 0.3) is 0 Å². The van der Waals surface area contributed by atoms with E-state index in [1.807, 2.05) is 18.2 Å². The summed E-state index contributed by atoms with van der Waals surface area (Å²) in [4.78, 5) is 2.54. The van der Waals surface area contributed by atoms with Gasteiger partial charge in [0.1, 0.15) is 5.75 Å². The summed E-state index contributed by atoms with van der Waals surface area (Å²) in [7, 11) is 0. The van der Waals surface area contributed by atoms with Crippen molar-refractivity contribution in [1.29, 1.82) is 0 Å². The number of rotatable bonds is 7. The van der Waals surface area contributed by atoms with E-state index in [4.69, 9.17) is 10.5 Å². The number of benzene rings is 1. The van der Waals surface area contributed by atoms with Gasteiger partial charge in [-0.25, -0.2) is 0 Å². The van der Waals surface area contributed by atoms with E-state index in [2.05, 4.69) is 24.1 Å². The van der Waals surface area contributed by atoms with Gasteiger partial charge < -0.3 is 20.7 Å². The molecule has 4 nitrogen and oxygen atoms in total. The van der Waals surface area contributed by atoms with Gasteiger partial charge >= 0.3 is 0 Å². The quantitative estimate of drug-likeness (QED) is 0.758. The van der Waals surface area contributed by atoms with Gasteiger partial charge in [0.2, 0.25) is 0 Å². The maximum absolute atomic E-state index is 5.93. The number of ether oxygens (including phenoxy) is 1. The number of likely N-dealkylation sites (tertiary alicyclic amines) is 1. The molecule has 1 aromatic carbocycles. The molecule has 3 N–H and O–H groups in total. The van der Waals surface area contributed by atoms with Gasteiger partial charge in [-0.1, -0.05) is 13.8 Å². The van der Waals surface area contributed by atoms with Crippen LogP contribution in [0.4, 0.5) is 11.4 Å². The molecule has 1 aliphatic rings. The Morgan fingerprint density at radius 2 is 2.10 bits per heavy atom. The van der Waals surface area contributed by atoms with Crippen LogP contribution < -0.4 is 15.8 Å². The summed E-state index contributed by atoms with van der Waals surface area (Å²) in [6.07, 6.45) is 3.65. The van der Waals surface area contributed by atoms with Gasteiger partial charge in [-0.05, 0) is 50.4 Å². The van der Waals surface area contributed by atoms with Gasteiger partial charge in [0, 0.05) is 24.8 Å². The minimum absolute atomic E-state index is 0.707. The van der Waals surface area contributed by atoms with E-state index in [1.165, 1.54) is 25.9 Å². The van der Waals surface area contributed by atoms with Crippen LogP contribution in [-0.4, -0.2) is 37.7 Å². The molecule has 1 saturated heterocycles. The van der Waals surface area contributed by atoms with Gasteiger partial charge in [-0.2, -0.15) is 0 Å². The van der Waals surface area contributed by atoms with Crippen LogP contribution in [0.15, 0.2) is 18.2 Å². The SMILES string of the molecule is CCCOc1cc(NCCN2CCC(C)CC2)ccc1N. The van der Waals surface area contributed by atoms with E-state index >= 15 is 0 Å². The molecule has 0 spiro atoms. The largest absolute Gasteiger partial charge is 0.491 e. The Morgan fingerprint density at radius 1 is 1.33 bits per heavy atom. The minimum Gasteiger partial charge on any atom is -0.491 e. The first kappa shape index (κ1) is 16.0. The van der Waals surface area contributed by atoms with Crippen LogP contribution in [0.1, 0.15) is 33.1 Å². The van der Waals surface area contributed by atoms with Crippen LogP contribution in [0.2, 0.25) is 0 Å². The summed E-state index contributed by atoms with van der Waals surface area (Å²) in [5.41, 5.74) is 7.72. The molecule has 1 aliphatic heterocycles. The second-order valence-electron chi connectivity index (χ2n) is 6.05. The topological polar surface area (TPSA) is 50.5 Å². The van der Waals surface area contributed by atoms with Gasteiger partial charge in [0.05, 0.1) is 12.3 Å². The second-order valence-corrected chi connectivity index (χ2v) is 6.05. The lowest BCUT2D eigenvalue weighted by molar-refractivity contribution is 0.199. The van der Waals surface area contributed by atoms with Gasteiger partial charge in [0.15, 0.2) is 0 Å². The monoisotopic (exact) mass is 291 g/mol. The van der Waals surface area contributed by atoms with Crippen LogP contribution in [0.25, 0.3) is 0 Å². The molecule has 0 amide bonds. The molecule has 1 aromatic rings. The van der Waals surface area contributed by atoms with E-state index in [0.29, 0.717) is 12.3 Å². The zero-order valence-corrected chi connectivity index (χ0v) is 13.4. The molecule has 4 heteroatoms. The Hall–Kier alpha value is -1.42. The summed E-state index contributed by atoms with van der Waals surface area (Å²) in [6.45, 7) is 9.68. The lowest BCUT2D eigenvalue weighted by Gasteiger charge is -2.30. The summed E-state index contributed by atoms with van der Waals surface area (Å²) >= 11 is 0. The highest BCUT2D eigenvalue weighted by Gasteiger charge is 2.14. The van der Waals surface area contributed by atoms with Crippen molar-refractivity contribution in [1.82, 2.24) is 4.90 Å². The zero-order valence-electron chi connectivity index (χ0n) is 13.4. The molecule has 0 saturated carbocycles. The van der Waals surface area contributed by atoms with E-state index < -0.39 is 0 Å². The molecule has 2 rings (SSSR count). The summed E-state index contributed by atoms with van der Waals surface area (Å²) in [5.74, 6) is 1.68.